The number of nitrogens with zero attached hydrogens (tertiary/aromatic N) is 3. The van der Waals surface area contributed by atoms with Crippen molar-refractivity contribution in [2.75, 3.05) is 13.1 Å². The van der Waals surface area contributed by atoms with Gasteiger partial charge in [0.15, 0.2) is 0 Å². The fourth-order valence-corrected chi connectivity index (χ4v) is 5.43. The number of benzene rings is 1. The van der Waals surface area contributed by atoms with Crippen LogP contribution in [0, 0.1) is 13.8 Å². The topological polar surface area (TPSA) is 58.1 Å². The molecule has 1 aliphatic carbocycles. The summed E-state index contributed by atoms with van der Waals surface area (Å²) in [5, 5.41) is 4.32. The Balaban J connectivity index is 1.29. The fourth-order valence-electron chi connectivity index (χ4n) is 4.29. The number of thiophene rings is 1. The van der Waals surface area contributed by atoms with Crippen molar-refractivity contribution in [2.45, 2.75) is 51.6 Å². The zero-order valence-corrected chi connectivity index (χ0v) is 17.8. The highest BCUT2D eigenvalue weighted by atomic mass is 32.1. The third kappa shape index (κ3) is 3.79. The minimum Gasteiger partial charge on any atom is -0.347 e. The molecule has 2 fully saturated rings. The van der Waals surface area contributed by atoms with Gasteiger partial charge in [-0.2, -0.15) is 0 Å². The Morgan fingerprint density at radius 3 is 2.72 bits per heavy atom. The summed E-state index contributed by atoms with van der Waals surface area (Å²) < 4.78 is 0. The molecular weight excluding hydrogens is 380 g/mol. The number of carbonyl (C=O) groups is 1. The summed E-state index contributed by atoms with van der Waals surface area (Å²) in [5.74, 6) is 1.51. The highest BCUT2D eigenvalue weighted by Gasteiger charge is 2.29. The lowest BCUT2D eigenvalue weighted by atomic mass is 10.1. The molecule has 1 aliphatic heterocycles. The number of amides is 1. The van der Waals surface area contributed by atoms with Gasteiger partial charge in [-0.3, -0.25) is 9.69 Å². The molecule has 1 saturated heterocycles. The molecule has 0 radical (unpaired) electrons. The summed E-state index contributed by atoms with van der Waals surface area (Å²) in [7, 11) is 0. The number of hydrogen-bond acceptors (Lipinski definition) is 5. The second-order valence-corrected chi connectivity index (χ2v) is 9.36. The number of nitrogens with one attached hydrogen (secondary N) is 1. The van der Waals surface area contributed by atoms with Crippen molar-refractivity contribution in [3.8, 4) is 0 Å². The summed E-state index contributed by atoms with van der Waals surface area (Å²) in [6.45, 7) is 6.91. The van der Waals surface area contributed by atoms with E-state index in [2.05, 4.69) is 34.5 Å². The Bertz CT molecular complexity index is 1060. The van der Waals surface area contributed by atoms with E-state index in [1.165, 1.54) is 29.7 Å². The summed E-state index contributed by atoms with van der Waals surface area (Å²) in [4.78, 5) is 26.7. The molecule has 5 nitrogen and oxygen atoms in total. The molecular formula is C23H26N4OS. The Hall–Kier alpha value is -2.31. The van der Waals surface area contributed by atoms with E-state index in [-0.39, 0.29) is 11.9 Å². The lowest BCUT2D eigenvalue weighted by Crippen LogP contribution is -2.36. The standard InChI is InChI=1S/C23H26N4OS/c1-14-19-15(2)24-21(17-8-9-17)26-23(19)29-20(14)22(28)25-18-10-11-27(13-18)12-16-6-4-3-5-7-16/h3-7,17-18H,8-13H2,1-2H3,(H,25,28). The zero-order valence-electron chi connectivity index (χ0n) is 16.9. The third-order valence-corrected chi connectivity index (χ3v) is 7.18. The first-order valence-corrected chi connectivity index (χ1v) is 11.2. The largest absolute Gasteiger partial charge is 0.347 e. The summed E-state index contributed by atoms with van der Waals surface area (Å²) in [5.41, 5.74) is 3.33. The first kappa shape index (κ1) is 18.7. The molecule has 5 rings (SSSR count). The second-order valence-electron chi connectivity index (χ2n) is 8.36. The smallest absolute Gasteiger partial charge is 0.261 e. The quantitative estimate of drug-likeness (QED) is 0.690. The van der Waals surface area contributed by atoms with Gasteiger partial charge in [0.25, 0.3) is 5.91 Å². The van der Waals surface area contributed by atoms with Gasteiger partial charge in [0.1, 0.15) is 10.7 Å². The van der Waals surface area contributed by atoms with E-state index in [1.807, 2.05) is 19.9 Å². The molecule has 2 aromatic heterocycles. The maximum atomic E-state index is 13.0. The van der Waals surface area contributed by atoms with Crippen LogP contribution in [-0.4, -0.2) is 39.9 Å². The van der Waals surface area contributed by atoms with Gasteiger partial charge in [0, 0.05) is 37.0 Å². The lowest BCUT2D eigenvalue weighted by molar-refractivity contribution is 0.0941. The van der Waals surface area contributed by atoms with E-state index in [0.717, 1.165) is 58.2 Å². The lowest BCUT2D eigenvalue weighted by Gasteiger charge is -2.16. The van der Waals surface area contributed by atoms with Gasteiger partial charge in [-0.15, -0.1) is 11.3 Å². The summed E-state index contributed by atoms with van der Waals surface area (Å²) in [6, 6.07) is 10.7. The molecule has 6 heteroatoms. The average molecular weight is 407 g/mol. The molecule has 2 aliphatic rings. The molecule has 3 aromatic rings. The summed E-state index contributed by atoms with van der Waals surface area (Å²) in [6.07, 6.45) is 3.36. The van der Waals surface area contributed by atoms with Crippen molar-refractivity contribution in [3.05, 3.63) is 57.9 Å². The van der Waals surface area contributed by atoms with Crippen molar-refractivity contribution in [2.24, 2.45) is 0 Å². The Morgan fingerprint density at radius 2 is 1.97 bits per heavy atom. The van der Waals surface area contributed by atoms with E-state index in [1.54, 1.807) is 0 Å². The van der Waals surface area contributed by atoms with Crippen molar-refractivity contribution in [3.63, 3.8) is 0 Å². The fraction of sp³-hybridized carbons (Fsp3) is 0.435. The van der Waals surface area contributed by atoms with E-state index in [0.29, 0.717) is 5.92 Å². The molecule has 1 aromatic carbocycles. The van der Waals surface area contributed by atoms with Crippen LogP contribution in [-0.2, 0) is 6.54 Å². The molecule has 0 bridgehead atoms. The number of fused-ring (bicyclic) bond motifs is 1. The van der Waals surface area contributed by atoms with E-state index >= 15 is 0 Å². The molecule has 1 atom stereocenters. The van der Waals surface area contributed by atoms with Crippen molar-refractivity contribution in [1.82, 2.24) is 20.2 Å². The van der Waals surface area contributed by atoms with Crippen LogP contribution in [0.15, 0.2) is 30.3 Å². The Morgan fingerprint density at radius 1 is 1.17 bits per heavy atom. The molecule has 150 valence electrons. The van der Waals surface area contributed by atoms with Crippen LogP contribution < -0.4 is 5.32 Å². The monoisotopic (exact) mass is 406 g/mol. The predicted molar refractivity (Wildman–Crippen MR) is 116 cm³/mol. The van der Waals surface area contributed by atoms with E-state index < -0.39 is 0 Å². The molecule has 1 amide bonds. The first-order valence-electron chi connectivity index (χ1n) is 10.4. The van der Waals surface area contributed by atoms with Crippen LogP contribution in [0.5, 0.6) is 0 Å². The van der Waals surface area contributed by atoms with Gasteiger partial charge in [-0.05, 0) is 44.2 Å². The van der Waals surface area contributed by atoms with Crippen molar-refractivity contribution < 1.29 is 4.79 Å². The minimum absolute atomic E-state index is 0.0319. The number of rotatable bonds is 5. The SMILES string of the molecule is Cc1nc(C2CC2)nc2sc(C(=O)NC3CCN(Cc4ccccc4)C3)c(C)c12. The maximum absolute atomic E-state index is 13.0. The predicted octanol–water partition coefficient (Wildman–Crippen LogP) is 4.19. The molecule has 0 spiro atoms. The third-order valence-electron chi connectivity index (χ3n) is 5.99. The molecule has 1 saturated carbocycles. The second kappa shape index (κ2) is 7.50. The number of aromatic nitrogens is 2. The van der Waals surface area contributed by atoms with Gasteiger partial charge in [0.05, 0.1) is 10.6 Å². The van der Waals surface area contributed by atoms with Crippen LogP contribution >= 0.6 is 11.3 Å². The normalized spacial score (nSPS) is 19.7. The number of hydrogen-bond donors (Lipinski definition) is 1. The number of aryl methyl sites for hydroxylation is 2. The molecule has 3 heterocycles. The van der Waals surface area contributed by atoms with Crippen LogP contribution in [0.4, 0.5) is 0 Å². The molecule has 29 heavy (non-hydrogen) atoms. The average Bonchev–Trinajstić information content (AvgIpc) is 3.39. The van der Waals surface area contributed by atoms with Gasteiger partial charge in [0.2, 0.25) is 0 Å². The first-order chi connectivity index (χ1) is 14.1. The van der Waals surface area contributed by atoms with Crippen LogP contribution in [0.25, 0.3) is 10.2 Å². The van der Waals surface area contributed by atoms with Gasteiger partial charge in [-0.25, -0.2) is 9.97 Å². The highest BCUT2D eigenvalue weighted by Crippen LogP contribution is 2.40. The van der Waals surface area contributed by atoms with Gasteiger partial charge >= 0.3 is 0 Å². The molecule has 1 N–H and O–H groups in total. The van der Waals surface area contributed by atoms with Crippen LogP contribution in [0.2, 0.25) is 0 Å². The Kier molecular flexibility index (Phi) is 4.84. The molecule has 1 unspecified atom stereocenters. The number of likely N-dealkylation sites (tertiary alicyclic amines) is 1. The van der Waals surface area contributed by atoms with Crippen molar-refractivity contribution >= 4 is 27.5 Å². The van der Waals surface area contributed by atoms with Crippen molar-refractivity contribution in [1.29, 1.82) is 0 Å². The van der Waals surface area contributed by atoms with Gasteiger partial charge < -0.3 is 5.32 Å². The van der Waals surface area contributed by atoms with Crippen LogP contribution in [0.3, 0.4) is 0 Å². The zero-order chi connectivity index (χ0) is 20.0. The Labute approximate surface area is 175 Å². The summed E-state index contributed by atoms with van der Waals surface area (Å²) >= 11 is 1.52. The van der Waals surface area contributed by atoms with Crippen LogP contribution in [0.1, 0.15) is 57.5 Å². The number of carbonyl (C=O) groups excluding carboxylic acids is 1. The maximum Gasteiger partial charge on any atom is 0.261 e. The minimum atomic E-state index is 0.0319. The van der Waals surface area contributed by atoms with E-state index in [9.17, 15) is 4.79 Å². The highest BCUT2D eigenvalue weighted by molar-refractivity contribution is 7.20. The van der Waals surface area contributed by atoms with E-state index in [4.69, 9.17) is 9.97 Å². The van der Waals surface area contributed by atoms with Gasteiger partial charge in [-0.1, -0.05) is 30.3 Å².